The van der Waals surface area contributed by atoms with Gasteiger partial charge in [-0.1, -0.05) is 0 Å². The molecule has 0 spiro atoms. The third kappa shape index (κ3) is 3.06. The minimum absolute atomic E-state index is 0.00468. The third-order valence-electron chi connectivity index (χ3n) is 5.88. The van der Waals surface area contributed by atoms with Gasteiger partial charge >= 0.3 is 5.97 Å². The number of sulfonamides is 1. The Hall–Kier alpha value is -1.55. The number of fused-ring (bicyclic) bond motifs is 4. The van der Waals surface area contributed by atoms with Crippen LogP contribution < -0.4 is 0 Å². The van der Waals surface area contributed by atoms with Gasteiger partial charge < -0.3 is 14.6 Å². The van der Waals surface area contributed by atoms with Crippen molar-refractivity contribution in [3.63, 3.8) is 0 Å². The Labute approximate surface area is 157 Å². The fraction of sp³-hybridized carbons (Fsp3) is 0.611. The molecular formula is C18H22FNO6S. The first-order valence-electron chi connectivity index (χ1n) is 9.08. The topological polar surface area (TPSA) is 93.1 Å². The Morgan fingerprint density at radius 2 is 1.96 bits per heavy atom. The summed E-state index contributed by atoms with van der Waals surface area (Å²) in [4.78, 5) is 12.3. The molecule has 0 radical (unpaired) electrons. The molecule has 3 aliphatic heterocycles. The molecule has 6 atom stereocenters. The van der Waals surface area contributed by atoms with Crippen LogP contribution in [-0.2, 0) is 24.3 Å². The van der Waals surface area contributed by atoms with E-state index in [1.165, 1.54) is 16.4 Å². The van der Waals surface area contributed by atoms with Crippen LogP contribution in [0.25, 0.3) is 0 Å². The number of ether oxygens (including phenoxy) is 2. The number of aliphatic hydroxyl groups excluding tert-OH is 1. The molecule has 7 nitrogen and oxygen atoms in total. The number of esters is 1. The SMILES string of the molecule is CCOC(=O)[C@H]1C[C@@H]2O[C@H]1[C@H]1CN(S(=O)(=O)c3ccc(F)cc3)C[C@H]1[C@@H]2O. The van der Waals surface area contributed by atoms with E-state index in [9.17, 15) is 22.7 Å². The van der Waals surface area contributed by atoms with Gasteiger partial charge in [-0.15, -0.1) is 0 Å². The fourth-order valence-corrected chi connectivity index (χ4v) is 6.10. The molecule has 3 heterocycles. The molecule has 1 aromatic rings. The summed E-state index contributed by atoms with van der Waals surface area (Å²) in [5, 5.41) is 10.6. The van der Waals surface area contributed by atoms with Crippen molar-refractivity contribution in [1.82, 2.24) is 4.31 Å². The predicted molar refractivity (Wildman–Crippen MR) is 91.5 cm³/mol. The Morgan fingerprint density at radius 3 is 2.63 bits per heavy atom. The lowest BCUT2D eigenvalue weighted by Crippen LogP contribution is -2.46. The Balaban J connectivity index is 1.58. The molecule has 2 bridgehead atoms. The van der Waals surface area contributed by atoms with Crippen molar-refractivity contribution in [2.45, 2.75) is 36.6 Å². The van der Waals surface area contributed by atoms with Crippen LogP contribution in [0, 0.1) is 23.6 Å². The second-order valence-electron chi connectivity index (χ2n) is 7.33. The first-order valence-corrected chi connectivity index (χ1v) is 10.5. The summed E-state index contributed by atoms with van der Waals surface area (Å²) in [6.07, 6.45) is -1.39. The quantitative estimate of drug-likeness (QED) is 0.752. The molecule has 27 heavy (non-hydrogen) atoms. The van der Waals surface area contributed by atoms with E-state index in [0.717, 1.165) is 12.1 Å². The average molecular weight is 399 g/mol. The van der Waals surface area contributed by atoms with Gasteiger partial charge in [0.15, 0.2) is 0 Å². The van der Waals surface area contributed by atoms with Crippen molar-refractivity contribution >= 4 is 16.0 Å². The standard InChI is InChI=1S/C18H22FNO6S/c1-2-25-18(22)12-7-15-16(21)13-8-20(9-14(13)17(12)26-15)27(23,24)11-5-3-10(19)4-6-11/h3-6,12-17,21H,2,7-9H2,1H3/t12-,13+,14-,15-,16-,17+/m0/s1. The first kappa shape index (κ1) is 18.8. The third-order valence-corrected chi connectivity index (χ3v) is 7.72. The van der Waals surface area contributed by atoms with Gasteiger partial charge in [-0.25, -0.2) is 12.8 Å². The van der Waals surface area contributed by atoms with Crippen molar-refractivity contribution < 1.29 is 32.2 Å². The zero-order chi connectivity index (χ0) is 19.3. The number of nitrogens with zero attached hydrogens (tertiary/aromatic N) is 1. The molecule has 3 fully saturated rings. The number of benzene rings is 1. The zero-order valence-corrected chi connectivity index (χ0v) is 15.6. The lowest BCUT2D eigenvalue weighted by Gasteiger charge is -2.36. The van der Waals surface area contributed by atoms with Gasteiger partial charge in [-0.3, -0.25) is 4.79 Å². The van der Waals surface area contributed by atoms with Crippen LogP contribution in [0.4, 0.5) is 4.39 Å². The van der Waals surface area contributed by atoms with Crippen LogP contribution in [0.5, 0.6) is 0 Å². The van der Waals surface area contributed by atoms with Crippen molar-refractivity contribution in [3.05, 3.63) is 30.1 Å². The van der Waals surface area contributed by atoms with Crippen LogP contribution >= 0.6 is 0 Å². The van der Waals surface area contributed by atoms with Crippen molar-refractivity contribution in [3.8, 4) is 0 Å². The molecule has 148 valence electrons. The van der Waals surface area contributed by atoms with Crippen LogP contribution in [0.1, 0.15) is 13.3 Å². The average Bonchev–Trinajstić information content (AvgIpc) is 3.25. The van der Waals surface area contributed by atoms with E-state index >= 15 is 0 Å². The summed E-state index contributed by atoms with van der Waals surface area (Å²) in [6.45, 7) is 2.28. The molecule has 1 aromatic carbocycles. The number of carbonyl (C=O) groups excluding carboxylic acids is 1. The lowest BCUT2D eigenvalue weighted by molar-refractivity contribution is -0.157. The Morgan fingerprint density at radius 1 is 1.30 bits per heavy atom. The maximum atomic E-state index is 13.1. The van der Waals surface area contributed by atoms with Crippen molar-refractivity contribution in [2.75, 3.05) is 19.7 Å². The molecule has 3 saturated heterocycles. The summed E-state index contributed by atoms with van der Waals surface area (Å²) < 4.78 is 51.2. The highest BCUT2D eigenvalue weighted by molar-refractivity contribution is 7.89. The normalized spacial score (nSPS) is 35.8. The molecule has 0 saturated carbocycles. The van der Waals surface area contributed by atoms with Gasteiger partial charge in [0.05, 0.1) is 35.7 Å². The molecule has 3 aliphatic rings. The summed E-state index contributed by atoms with van der Waals surface area (Å²) >= 11 is 0. The smallest absolute Gasteiger partial charge is 0.311 e. The number of halogens is 1. The van der Waals surface area contributed by atoms with Gasteiger partial charge in [0.2, 0.25) is 10.0 Å². The first-order chi connectivity index (χ1) is 12.8. The summed E-state index contributed by atoms with van der Waals surface area (Å²) in [5.74, 6) is -1.96. The Bertz CT molecular complexity index is 829. The zero-order valence-electron chi connectivity index (χ0n) is 14.8. The fourth-order valence-electron chi connectivity index (χ4n) is 4.59. The van der Waals surface area contributed by atoms with E-state index in [0.29, 0.717) is 6.42 Å². The predicted octanol–water partition coefficient (Wildman–Crippen LogP) is 0.774. The summed E-state index contributed by atoms with van der Waals surface area (Å²) in [6, 6.07) is 4.67. The number of aliphatic hydroxyl groups is 1. The van der Waals surface area contributed by atoms with Gasteiger partial charge in [0.1, 0.15) is 5.82 Å². The molecule has 0 amide bonds. The lowest BCUT2D eigenvalue weighted by atomic mass is 9.83. The summed E-state index contributed by atoms with van der Waals surface area (Å²) in [5.41, 5.74) is 0. The second kappa shape index (κ2) is 6.80. The van der Waals surface area contributed by atoms with E-state index in [2.05, 4.69) is 0 Å². The van der Waals surface area contributed by atoms with Gasteiger partial charge in [-0.2, -0.15) is 4.31 Å². The van der Waals surface area contributed by atoms with Gasteiger partial charge in [-0.05, 0) is 37.6 Å². The van der Waals surface area contributed by atoms with Crippen LogP contribution in [0.3, 0.4) is 0 Å². The van der Waals surface area contributed by atoms with Gasteiger partial charge in [0, 0.05) is 24.9 Å². The molecule has 9 heteroatoms. The van der Waals surface area contributed by atoms with Crippen molar-refractivity contribution in [1.29, 1.82) is 0 Å². The van der Waals surface area contributed by atoms with Gasteiger partial charge in [0.25, 0.3) is 0 Å². The van der Waals surface area contributed by atoms with Crippen molar-refractivity contribution in [2.24, 2.45) is 17.8 Å². The number of hydrogen-bond acceptors (Lipinski definition) is 6. The van der Waals surface area contributed by atoms with E-state index < -0.39 is 40.1 Å². The monoisotopic (exact) mass is 399 g/mol. The molecule has 4 rings (SSSR count). The van der Waals surface area contributed by atoms with E-state index in [1.54, 1.807) is 6.92 Å². The molecule has 0 aromatic heterocycles. The summed E-state index contributed by atoms with van der Waals surface area (Å²) in [7, 11) is -3.82. The Kier molecular flexibility index (Phi) is 4.74. The molecule has 1 N–H and O–H groups in total. The second-order valence-corrected chi connectivity index (χ2v) is 9.27. The van der Waals surface area contributed by atoms with Crippen LogP contribution in [-0.4, -0.2) is 61.8 Å². The number of carbonyl (C=O) groups is 1. The largest absolute Gasteiger partial charge is 0.466 e. The van der Waals surface area contributed by atoms with Crippen LogP contribution in [0.15, 0.2) is 29.2 Å². The van der Waals surface area contributed by atoms with E-state index in [-0.39, 0.29) is 42.4 Å². The highest BCUT2D eigenvalue weighted by Gasteiger charge is 2.59. The number of rotatable bonds is 4. The molecule has 0 unspecified atom stereocenters. The maximum absolute atomic E-state index is 13.1. The molecular weight excluding hydrogens is 377 g/mol. The number of hydrogen-bond donors (Lipinski definition) is 1. The van der Waals surface area contributed by atoms with E-state index in [1.807, 2.05) is 0 Å². The molecule has 0 aliphatic carbocycles. The van der Waals surface area contributed by atoms with Crippen LogP contribution in [0.2, 0.25) is 0 Å². The van der Waals surface area contributed by atoms with E-state index in [4.69, 9.17) is 9.47 Å². The minimum atomic E-state index is -3.82. The highest BCUT2D eigenvalue weighted by Crippen LogP contribution is 2.48. The maximum Gasteiger partial charge on any atom is 0.311 e. The minimum Gasteiger partial charge on any atom is -0.466 e. The highest BCUT2D eigenvalue weighted by atomic mass is 32.2.